The Hall–Kier alpha value is -3.77. The van der Waals surface area contributed by atoms with Gasteiger partial charge in [-0.2, -0.15) is 10.4 Å². The molecule has 0 fully saturated rings. The van der Waals surface area contributed by atoms with Crippen LogP contribution >= 0.6 is 11.6 Å². The maximum absolute atomic E-state index is 9.28. The number of nitrogen functional groups attached to an aromatic ring is 1. The summed E-state index contributed by atoms with van der Waals surface area (Å²) in [6, 6.07) is 7.59. The number of imidazole rings is 1. The molecule has 9 nitrogen and oxygen atoms in total. The number of pyridine rings is 1. The average Bonchev–Trinajstić information content (AvgIpc) is 3.06. The Morgan fingerprint density at radius 2 is 2.04 bits per heavy atom. The van der Waals surface area contributed by atoms with Crippen molar-refractivity contribution in [2.24, 2.45) is 0 Å². The second kappa shape index (κ2) is 6.86. The van der Waals surface area contributed by atoms with Gasteiger partial charge in [-0.05, 0) is 18.2 Å². The van der Waals surface area contributed by atoms with Crippen LogP contribution in [0.25, 0.3) is 16.9 Å². The monoisotopic (exact) mass is 377 g/mol. The topological polar surface area (TPSA) is 131 Å². The Morgan fingerprint density at radius 1 is 1.22 bits per heavy atom. The highest BCUT2D eigenvalue weighted by molar-refractivity contribution is 6.29. The molecule has 0 aliphatic rings. The molecule has 0 amide bonds. The van der Waals surface area contributed by atoms with Crippen molar-refractivity contribution in [3.63, 3.8) is 0 Å². The highest BCUT2D eigenvalue weighted by Crippen LogP contribution is 2.25. The first kappa shape index (κ1) is 16.7. The van der Waals surface area contributed by atoms with E-state index in [9.17, 15) is 5.26 Å². The Bertz CT molecular complexity index is 1160. The summed E-state index contributed by atoms with van der Waals surface area (Å²) in [5, 5.41) is 17.4. The molecule has 0 aliphatic carbocycles. The van der Waals surface area contributed by atoms with Crippen LogP contribution in [0.2, 0.25) is 5.15 Å². The molecule has 0 aromatic carbocycles. The van der Waals surface area contributed by atoms with Crippen LogP contribution in [0.15, 0.2) is 43.1 Å². The van der Waals surface area contributed by atoms with Crippen LogP contribution < -0.4 is 11.1 Å². The third-order valence-electron chi connectivity index (χ3n) is 3.92. The van der Waals surface area contributed by atoms with Gasteiger partial charge in [-0.15, -0.1) is 0 Å². The Labute approximate surface area is 158 Å². The molecule has 0 bridgehead atoms. The summed E-state index contributed by atoms with van der Waals surface area (Å²) in [5.74, 6) is 0.477. The number of hydrogen-bond donors (Lipinski definition) is 2. The molecule has 10 heteroatoms. The number of rotatable bonds is 4. The maximum atomic E-state index is 9.28. The zero-order chi connectivity index (χ0) is 18.8. The predicted molar refractivity (Wildman–Crippen MR) is 99.7 cm³/mol. The Kier molecular flexibility index (Phi) is 4.24. The lowest BCUT2D eigenvalue weighted by Crippen LogP contribution is -2.09. The van der Waals surface area contributed by atoms with E-state index in [1.54, 1.807) is 16.9 Å². The number of aromatic nitrogens is 6. The molecular weight excluding hydrogens is 366 g/mol. The van der Waals surface area contributed by atoms with E-state index in [0.29, 0.717) is 28.9 Å². The number of nitrogens with one attached hydrogen (secondary N) is 1. The van der Waals surface area contributed by atoms with E-state index in [0.717, 1.165) is 11.1 Å². The lowest BCUT2D eigenvalue weighted by Gasteiger charge is -2.12. The summed E-state index contributed by atoms with van der Waals surface area (Å²) in [5.41, 5.74) is 8.96. The van der Waals surface area contributed by atoms with Gasteiger partial charge in [0.15, 0.2) is 10.8 Å². The molecule has 0 aliphatic heterocycles. The number of nitriles is 1. The first-order chi connectivity index (χ1) is 13.2. The first-order valence-corrected chi connectivity index (χ1v) is 8.23. The van der Waals surface area contributed by atoms with Crippen molar-refractivity contribution in [3.8, 4) is 17.3 Å². The summed E-state index contributed by atoms with van der Waals surface area (Å²) in [7, 11) is 0. The van der Waals surface area contributed by atoms with Crippen LogP contribution in [0.1, 0.15) is 11.1 Å². The number of nitrogens with zero attached hydrogens (tertiary/aromatic N) is 7. The predicted octanol–water partition coefficient (Wildman–Crippen LogP) is 2.30. The zero-order valence-electron chi connectivity index (χ0n) is 13.8. The molecule has 0 saturated heterocycles. The largest absolute Gasteiger partial charge is 0.382 e. The number of halogens is 1. The van der Waals surface area contributed by atoms with Crippen molar-refractivity contribution in [2.75, 3.05) is 11.1 Å². The van der Waals surface area contributed by atoms with Gasteiger partial charge < -0.3 is 11.1 Å². The van der Waals surface area contributed by atoms with Gasteiger partial charge in [0.25, 0.3) is 0 Å². The van der Waals surface area contributed by atoms with Crippen LogP contribution in [0, 0.1) is 11.3 Å². The Balaban J connectivity index is 1.77. The molecule has 3 N–H and O–H groups in total. The molecule has 4 rings (SSSR count). The standard InChI is InChI=1S/C17H12ClN9/c18-13-8-22-14-5-11(7-23-17-12(6-19)16(20)24-9-25-17)15(26-27(13)14)10-1-3-21-4-2-10/h1-5,8-9H,7H2,(H3,20,23,24,25). The van der Waals surface area contributed by atoms with Gasteiger partial charge >= 0.3 is 0 Å². The van der Waals surface area contributed by atoms with Gasteiger partial charge in [0, 0.05) is 30.1 Å². The molecule has 132 valence electrons. The third-order valence-corrected chi connectivity index (χ3v) is 4.18. The minimum atomic E-state index is 0.123. The van der Waals surface area contributed by atoms with Gasteiger partial charge in [-0.25, -0.2) is 19.5 Å². The minimum Gasteiger partial charge on any atom is -0.382 e. The third kappa shape index (κ3) is 3.09. The van der Waals surface area contributed by atoms with Crippen molar-refractivity contribution < 1.29 is 0 Å². The van der Waals surface area contributed by atoms with E-state index < -0.39 is 0 Å². The molecule has 4 aromatic heterocycles. The zero-order valence-corrected chi connectivity index (χ0v) is 14.6. The fourth-order valence-electron chi connectivity index (χ4n) is 2.63. The summed E-state index contributed by atoms with van der Waals surface area (Å²) < 4.78 is 1.56. The van der Waals surface area contributed by atoms with E-state index in [2.05, 4.69) is 30.4 Å². The van der Waals surface area contributed by atoms with Gasteiger partial charge in [0.05, 0.1) is 11.9 Å². The van der Waals surface area contributed by atoms with Gasteiger partial charge in [-0.1, -0.05) is 11.6 Å². The van der Waals surface area contributed by atoms with Crippen molar-refractivity contribution in [1.29, 1.82) is 5.26 Å². The van der Waals surface area contributed by atoms with Crippen LogP contribution in [0.5, 0.6) is 0 Å². The summed E-state index contributed by atoms with van der Waals surface area (Å²) in [4.78, 5) is 16.2. The van der Waals surface area contributed by atoms with Crippen LogP contribution in [0.4, 0.5) is 11.6 Å². The van der Waals surface area contributed by atoms with E-state index in [1.165, 1.54) is 12.5 Å². The fourth-order valence-corrected chi connectivity index (χ4v) is 2.81. The number of hydrogen-bond acceptors (Lipinski definition) is 8. The minimum absolute atomic E-state index is 0.123. The molecular formula is C17H12ClN9. The lowest BCUT2D eigenvalue weighted by atomic mass is 10.1. The van der Waals surface area contributed by atoms with E-state index in [4.69, 9.17) is 17.3 Å². The van der Waals surface area contributed by atoms with E-state index >= 15 is 0 Å². The summed E-state index contributed by atoms with van der Waals surface area (Å²) >= 11 is 6.16. The highest BCUT2D eigenvalue weighted by atomic mass is 35.5. The highest BCUT2D eigenvalue weighted by Gasteiger charge is 2.14. The summed E-state index contributed by atoms with van der Waals surface area (Å²) in [6.45, 7) is 0.344. The number of nitrogens with two attached hydrogens (primary N) is 1. The van der Waals surface area contributed by atoms with Crippen molar-refractivity contribution in [3.05, 3.63) is 59.4 Å². The second-order valence-electron chi connectivity index (χ2n) is 5.55. The second-order valence-corrected chi connectivity index (χ2v) is 5.94. The molecule has 0 atom stereocenters. The van der Waals surface area contributed by atoms with Crippen LogP contribution in [0.3, 0.4) is 0 Å². The lowest BCUT2D eigenvalue weighted by molar-refractivity contribution is 0.921. The number of fused-ring (bicyclic) bond motifs is 1. The molecule has 0 saturated carbocycles. The molecule has 0 radical (unpaired) electrons. The number of anilines is 2. The molecule has 0 unspecified atom stereocenters. The summed E-state index contributed by atoms with van der Waals surface area (Å²) in [6.07, 6.45) is 6.22. The van der Waals surface area contributed by atoms with Gasteiger partial charge in [0.1, 0.15) is 29.6 Å². The quantitative estimate of drug-likeness (QED) is 0.553. The van der Waals surface area contributed by atoms with E-state index in [1.807, 2.05) is 24.3 Å². The van der Waals surface area contributed by atoms with Crippen LogP contribution in [-0.2, 0) is 6.54 Å². The molecule has 27 heavy (non-hydrogen) atoms. The molecule has 0 spiro atoms. The van der Waals surface area contributed by atoms with Gasteiger partial charge in [0.2, 0.25) is 0 Å². The normalized spacial score (nSPS) is 10.7. The van der Waals surface area contributed by atoms with Crippen molar-refractivity contribution in [1.82, 2.24) is 29.5 Å². The average molecular weight is 378 g/mol. The van der Waals surface area contributed by atoms with Crippen molar-refractivity contribution >= 4 is 28.9 Å². The van der Waals surface area contributed by atoms with E-state index in [-0.39, 0.29) is 11.4 Å². The van der Waals surface area contributed by atoms with Crippen LogP contribution in [-0.4, -0.2) is 29.5 Å². The SMILES string of the molecule is N#Cc1c(N)ncnc1NCc1cc2ncc(Cl)n2nc1-c1ccncc1. The molecule has 4 aromatic rings. The maximum Gasteiger partial charge on any atom is 0.155 e. The fraction of sp³-hybridized carbons (Fsp3) is 0.0588. The first-order valence-electron chi connectivity index (χ1n) is 7.85. The van der Waals surface area contributed by atoms with Crippen molar-refractivity contribution in [2.45, 2.75) is 6.54 Å². The smallest absolute Gasteiger partial charge is 0.155 e. The van der Waals surface area contributed by atoms with Gasteiger partial charge in [-0.3, -0.25) is 4.98 Å². The Morgan fingerprint density at radius 3 is 2.81 bits per heavy atom. The molecule has 4 heterocycles.